The van der Waals surface area contributed by atoms with Crippen LogP contribution in [0.4, 0.5) is 0 Å². The number of fused-ring (bicyclic) bond motifs is 1. The van der Waals surface area contributed by atoms with Crippen LogP contribution in [0, 0.1) is 6.92 Å². The number of Topliss-reactive ketones (excluding diaryl/α,β-unsaturated/α-hetero) is 1. The van der Waals surface area contributed by atoms with Crippen molar-refractivity contribution in [3.05, 3.63) is 53.1 Å². The number of hydrogen-bond acceptors (Lipinski definition) is 3. The van der Waals surface area contributed by atoms with E-state index in [1.54, 1.807) is 13.1 Å². The van der Waals surface area contributed by atoms with E-state index in [0.717, 1.165) is 24.6 Å². The minimum atomic E-state index is 0.0906. The normalized spacial score (nSPS) is 16.3. The van der Waals surface area contributed by atoms with Crippen LogP contribution in [-0.4, -0.2) is 21.9 Å². The highest BCUT2D eigenvalue weighted by molar-refractivity contribution is 5.92. The number of aromatic nitrogens is 2. The minimum Gasteiger partial charge on any atom is -0.323 e. The molecular weight excluding hydrogens is 286 g/mol. The summed E-state index contributed by atoms with van der Waals surface area (Å²) in [6, 6.07) is 8.83. The molecule has 1 N–H and O–H groups in total. The Balaban J connectivity index is 0.000000174. The Labute approximate surface area is 138 Å². The van der Waals surface area contributed by atoms with Crippen molar-refractivity contribution in [1.82, 2.24) is 14.9 Å². The van der Waals surface area contributed by atoms with Crippen molar-refractivity contribution in [1.29, 1.82) is 0 Å². The summed E-state index contributed by atoms with van der Waals surface area (Å²) in [7, 11) is 0. The zero-order chi connectivity index (χ0) is 16.8. The second-order valence-electron chi connectivity index (χ2n) is 6.06. The molecule has 4 heteroatoms. The lowest BCUT2D eigenvalue weighted by atomic mass is 10.1. The number of nitrogens with zero attached hydrogens (tertiary/aromatic N) is 2. The van der Waals surface area contributed by atoms with Gasteiger partial charge in [-0.1, -0.05) is 37.6 Å². The van der Waals surface area contributed by atoms with Crippen LogP contribution >= 0.6 is 0 Å². The molecule has 1 atom stereocenters. The second-order valence-corrected chi connectivity index (χ2v) is 6.06. The largest absolute Gasteiger partial charge is 0.323 e. The van der Waals surface area contributed by atoms with Gasteiger partial charge in [0.2, 0.25) is 0 Å². The molecule has 3 rings (SSSR count). The summed E-state index contributed by atoms with van der Waals surface area (Å²) in [6.07, 6.45) is 4.12. The molecule has 2 aromatic rings. The fourth-order valence-corrected chi connectivity index (χ4v) is 2.90. The van der Waals surface area contributed by atoms with Crippen molar-refractivity contribution in [3.8, 4) is 0 Å². The Bertz CT molecular complexity index is 660. The molecule has 124 valence electrons. The first-order valence-electron chi connectivity index (χ1n) is 8.38. The lowest BCUT2D eigenvalue weighted by Gasteiger charge is -2.22. The lowest BCUT2D eigenvalue weighted by molar-refractivity contribution is 0.100. The van der Waals surface area contributed by atoms with Crippen molar-refractivity contribution in [2.75, 3.05) is 6.54 Å². The lowest BCUT2D eigenvalue weighted by Crippen LogP contribution is -2.33. The van der Waals surface area contributed by atoms with E-state index in [4.69, 9.17) is 0 Å². The van der Waals surface area contributed by atoms with E-state index in [-0.39, 0.29) is 11.8 Å². The van der Waals surface area contributed by atoms with Gasteiger partial charge in [-0.2, -0.15) is 0 Å². The molecule has 2 heterocycles. The number of aryl methyl sites for hydroxylation is 2. The topological polar surface area (TPSA) is 46.9 Å². The first kappa shape index (κ1) is 17.4. The third kappa shape index (κ3) is 4.29. The predicted molar refractivity (Wildman–Crippen MR) is 93.8 cm³/mol. The Morgan fingerprint density at radius 3 is 2.78 bits per heavy atom. The third-order valence-corrected chi connectivity index (χ3v) is 4.20. The van der Waals surface area contributed by atoms with Crippen LogP contribution in [0.5, 0.6) is 0 Å². The molecule has 0 saturated carbocycles. The van der Waals surface area contributed by atoms with E-state index < -0.39 is 0 Å². The minimum absolute atomic E-state index is 0.0906. The molecule has 1 aliphatic heterocycles. The molecule has 1 aromatic heterocycles. The molecule has 1 aromatic carbocycles. The molecule has 0 fully saturated rings. The summed E-state index contributed by atoms with van der Waals surface area (Å²) in [5.41, 5.74) is 3.64. The quantitative estimate of drug-likeness (QED) is 0.879. The van der Waals surface area contributed by atoms with E-state index >= 15 is 0 Å². The molecule has 0 spiro atoms. The molecule has 0 aliphatic carbocycles. The summed E-state index contributed by atoms with van der Waals surface area (Å²) >= 11 is 0. The van der Waals surface area contributed by atoms with E-state index in [1.807, 2.05) is 4.57 Å². The first-order chi connectivity index (χ1) is 11.0. The van der Waals surface area contributed by atoms with Gasteiger partial charge in [0.25, 0.3) is 0 Å². The van der Waals surface area contributed by atoms with E-state index in [2.05, 4.69) is 55.3 Å². The Kier molecular flexibility index (Phi) is 6.11. The number of carbonyl (C=O) groups excluding carboxylic acids is 1. The molecule has 0 bridgehead atoms. The van der Waals surface area contributed by atoms with Gasteiger partial charge in [0.15, 0.2) is 5.78 Å². The highest BCUT2D eigenvalue weighted by Gasteiger charge is 2.20. The number of imidazole rings is 1. The number of rotatable bonds is 3. The van der Waals surface area contributed by atoms with Crippen molar-refractivity contribution in [3.63, 3.8) is 0 Å². The molecule has 1 aliphatic rings. The predicted octanol–water partition coefficient (Wildman–Crippen LogP) is 3.70. The highest BCUT2D eigenvalue weighted by Crippen LogP contribution is 2.17. The average Bonchev–Trinajstić information content (AvgIpc) is 2.96. The monoisotopic (exact) mass is 313 g/mol. The van der Waals surface area contributed by atoms with Crippen molar-refractivity contribution < 1.29 is 4.79 Å². The van der Waals surface area contributed by atoms with Gasteiger partial charge in [-0.3, -0.25) is 4.79 Å². The summed E-state index contributed by atoms with van der Waals surface area (Å²) in [5, 5.41) is 3.30. The maximum absolute atomic E-state index is 11.2. The molecule has 0 amide bonds. The Morgan fingerprint density at radius 2 is 2.13 bits per heavy atom. The van der Waals surface area contributed by atoms with Crippen LogP contribution in [0.3, 0.4) is 0 Å². The fraction of sp³-hybridized carbons (Fsp3) is 0.474. The Morgan fingerprint density at radius 1 is 1.39 bits per heavy atom. The SMILES string of the molecule is CC(=O)c1cnc2n1CCNC2C.CCCc1ccccc1C. The van der Waals surface area contributed by atoms with Crippen molar-refractivity contribution in [2.45, 2.75) is 53.1 Å². The van der Waals surface area contributed by atoms with E-state index in [9.17, 15) is 4.79 Å². The molecule has 23 heavy (non-hydrogen) atoms. The maximum atomic E-state index is 11.2. The van der Waals surface area contributed by atoms with Crippen molar-refractivity contribution >= 4 is 5.78 Å². The van der Waals surface area contributed by atoms with Crippen LogP contribution in [0.2, 0.25) is 0 Å². The summed E-state index contributed by atoms with van der Waals surface area (Å²) in [5.74, 6) is 1.06. The van der Waals surface area contributed by atoms with Crippen LogP contribution < -0.4 is 5.32 Å². The third-order valence-electron chi connectivity index (χ3n) is 4.20. The van der Waals surface area contributed by atoms with E-state index in [1.165, 1.54) is 24.0 Å². The van der Waals surface area contributed by atoms with E-state index in [0.29, 0.717) is 0 Å². The zero-order valence-corrected chi connectivity index (χ0v) is 14.6. The summed E-state index contributed by atoms with van der Waals surface area (Å²) in [6.45, 7) is 9.77. The fourth-order valence-electron chi connectivity index (χ4n) is 2.90. The van der Waals surface area contributed by atoms with Crippen LogP contribution in [-0.2, 0) is 13.0 Å². The Hall–Kier alpha value is -1.94. The molecule has 1 unspecified atom stereocenters. The number of hydrogen-bond donors (Lipinski definition) is 1. The summed E-state index contributed by atoms with van der Waals surface area (Å²) in [4.78, 5) is 15.4. The average molecular weight is 313 g/mol. The number of ketones is 1. The van der Waals surface area contributed by atoms with Crippen LogP contribution in [0.1, 0.15) is 60.7 Å². The van der Waals surface area contributed by atoms with Gasteiger partial charge >= 0.3 is 0 Å². The molecule has 4 nitrogen and oxygen atoms in total. The maximum Gasteiger partial charge on any atom is 0.177 e. The second kappa shape index (κ2) is 8.06. The van der Waals surface area contributed by atoms with Gasteiger partial charge in [0.1, 0.15) is 11.5 Å². The van der Waals surface area contributed by atoms with Gasteiger partial charge in [0.05, 0.1) is 12.2 Å². The van der Waals surface area contributed by atoms with Crippen molar-refractivity contribution in [2.24, 2.45) is 0 Å². The number of benzene rings is 1. The van der Waals surface area contributed by atoms with Gasteiger partial charge in [-0.05, 0) is 31.4 Å². The van der Waals surface area contributed by atoms with Crippen LogP contribution in [0.15, 0.2) is 30.5 Å². The standard InChI is InChI=1S/C10H14.C9H13N3O/c1-3-6-10-8-5-4-7-9(10)2;1-6-9-11-5-8(7(2)13)12(9)4-3-10-6/h4-5,7-8H,3,6H2,1-2H3;5-6,10H,3-4H2,1-2H3. The number of carbonyl (C=O) groups is 1. The van der Waals surface area contributed by atoms with Gasteiger partial charge in [-0.15, -0.1) is 0 Å². The zero-order valence-electron chi connectivity index (χ0n) is 14.6. The molecular formula is C19H27N3O. The van der Waals surface area contributed by atoms with Crippen LogP contribution in [0.25, 0.3) is 0 Å². The van der Waals surface area contributed by atoms with Gasteiger partial charge in [-0.25, -0.2) is 4.98 Å². The first-order valence-corrected chi connectivity index (χ1v) is 8.38. The molecule has 0 saturated heterocycles. The number of nitrogens with one attached hydrogen (secondary N) is 1. The van der Waals surface area contributed by atoms with Gasteiger partial charge in [0, 0.05) is 20.0 Å². The summed E-state index contributed by atoms with van der Waals surface area (Å²) < 4.78 is 2.00. The molecule has 0 radical (unpaired) electrons. The van der Waals surface area contributed by atoms with Gasteiger partial charge < -0.3 is 9.88 Å². The smallest absolute Gasteiger partial charge is 0.177 e. The highest BCUT2D eigenvalue weighted by atomic mass is 16.1.